The molecule has 1 aromatic heterocycles. The molecule has 0 unspecified atom stereocenters. The van der Waals surface area contributed by atoms with E-state index < -0.39 is 29.2 Å². The molecule has 0 spiro atoms. The standard InChI is InChI=1S/C12H10F2N4O3/c1-18-3-2-10(17-18)16-12(21)15-9-5-8(14)7(13)4-6(9)11(19)20/h2-5H,1H3,(H,19,20)(H2,15,16,17,21). The third-order valence-electron chi connectivity index (χ3n) is 2.49. The molecule has 0 saturated carbocycles. The Hall–Kier alpha value is -2.97. The number of urea groups is 1. The number of aromatic carboxylic acids is 1. The lowest BCUT2D eigenvalue weighted by Crippen LogP contribution is -2.21. The number of hydrogen-bond acceptors (Lipinski definition) is 3. The molecular formula is C12H10F2N4O3. The van der Waals surface area contributed by atoms with Crippen LogP contribution in [0, 0.1) is 11.6 Å². The average Bonchev–Trinajstić information content (AvgIpc) is 2.78. The highest BCUT2D eigenvalue weighted by Crippen LogP contribution is 2.20. The van der Waals surface area contributed by atoms with Crippen molar-refractivity contribution in [3.8, 4) is 0 Å². The molecule has 7 nitrogen and oxygen atoms in total. The maximum atomic E-state index is 13.1. The van der Waals surface area contributed by atoms with Crippen molar-refractivity contribution >= 4 is 23.5 Å². The van der Waals surface area contributed by atoms with Gasteiger partial charge in [-0.3, -0.25) is 10.00 Å². The molecule has 2 amide bonds. The summed E-state index contributed by atoms with van der Waals surface area (Å²) in [6.07, 6.45) is 1.58. The summed E-state index contributed by atoms with van der Waals surface area (Å²) in [6.45, 7) is 0. The Morgan fingerprint density at radius 2 is 1.90 bits per heavy atom. The first-order valence-electron chi connectivity index (χ1n) is 5.67. The summed E-state index contributed by atoms with van der Waals surface area (Å²) >= 11 is 0. The van der Waals surface area contributed by atoms with Crippen LogP contribution >= 0.6 is 0 Å². The number of carbonyl (C=O) groups excluding carboxylic acids is 1. The fourth-order valence-electron chi connectivity index (χ4n) is 1.58. The van der Waals surface area contributed by atoms with E-state index in [9.17, 15) is 18.4 Å². The third kappa shape index (κ3) is 3.32. The van der Waals surface area contributed by atoms with E-state index in [2.05, 4.69) is 15.7 Å². The van der Waals surface area contributed by atoms with E-state index in [1.807, 2.05) is 0 Å². The quantitative estimate of drug-likeness (QED) is 0.807. The Labute approximate surface area is 117 Å². The van der Waals surface area contributed by atoms with Crippen LogP contribution in [-0.2, 0) is 7.05 Å². The number of aromatic nitrogens is 2. The summed E-state index contributed by atoms with van der Waals surface area (Å²) in [4.78, 5) is 22.6. The van der Waals surface area contributed by atoms with E-state index in [4.69, 9.17) is 5.11 Å². The summed E-state index contributed by atoms with van der Waals surface area (Å²) in [5.74, 6) is -3.87. The van der Waals surface area contributed by atoms with Crippen LogP contribution in [0.3, 0.4) is 0 Å². The number of nitrogens with zero attached hydrogens (tertiary/aromatic N) is 2. The van der Waals surface area contributed by atoms with Crippen molar-refractivity contribution < 1.29 is 23.5 Å². The number of aryl methyl sites for hydroxylation is 1. The number of halogens is 2. The van der Waals surface area contributed by atoms with Crippen molar-refractivity contribution in [1.29, 1.82) is 0 Å². The molecule has 21 heavy (non-hydrogen) atoms. The number of carbonyl (C=O) groups is 2. The number of carboxylic acids is 1. The molecule has 0 saturated heterocycles. The van der Waals surface area contributed by atoms with E-state index in [-0.39, 0.29) is 11.5 Å². The zero-order chi connectivity index (χ0) is 15.6. The summed E-state index contributed by atoms with van der Waals surface area (Å²) in [6, 6.07) is 1.76. The van der Waals surface area contributed by atoms with Crippen LogP contribution in [-0.4, -0.2) is 26.9 Å². The Kier molecular flexibility index (Phi) is 3.83. The van der Waals surface area contributed by atoms with Gasteiger partial charge in [0.05, 0.1) is 11.3 Å². The Morgan fingerprint density at radius 3 is 2.48 bits per heavy atom. The lowest BCUT2D eigenvalue weighted by Gasteiger charge is -2.09. The van der Waals surface area contributed by atoms with Crippen LogP contribution in [0.15, 0.2) is 24.4 Å². The number of hydrogen-bond donors (Lipinski definition) is 3. The van der Waals surface area contributed by atoms with Gasteiger partial charge >= 0.3 is 12.0 Å². The number of benzene rings is 1. The van der Waals surface area contributed by atoms with Gasteiger partial charge in [0.2, 0.25) is 0 Å². The lowest BCUT2D eigenvalue weighted by molar-refractivity contribution is 0.0697. The summed E-state index contributed by atoms with van der Waals surface area (Å²) in [7, 11) is 1.64. The zero-order valence-electron chi connectivity index (χ0n) is 10.7. The number of amides is 2. The smallest absolute Gasteiger partial charge is 0.337 e. The number of rotatable bonds is 3. The van der Waals surface area contributed by atoms with E-state index in [0.717, 1.165) is 0 Å². The van der Waals surface area contributed by atoms with Crippen LogP contribution in [0.4, 0.5) is 25.1 Å². The highest BCUT2D eigenvalue weighted by molar-refractivity contribution is 6.04. The second-order valence-electron chi connectivity index (χ2n) is 4.07. The molecule has 0 radical (unpaired) electrons. The van der Waals surface area contributed by atoms with Crippen molar-refractivity contribution in [3.05, 3.63) is 41.6 Å². The number of nitrogens with one attached hydrogen (secondary N) is 2. The highest BCUT2D eigenvalue weighted by Gasteiger charge is 2.17. The van der Waals surface area contributed by atoms with Gasteiger partial charge in [-0.1, -0.05) is 0 Å². The van der Waals surface area contributed by atoms with Crippen molar-refractivity contribution in [2.24, 2.45) is 7.05 Å². The number of carboxylic acid groups (broad SMARTS) is 1. The zero-order valence-corrected chi connectivity index (χ0v) is 10.7. The Bertz CT molecular complexity index is 715. The molecule has 9 heteroatoms. The molecule has 110 valence electrons. The van der Waals surface area contributed by atoms with Crippen LogP contribution in [0.1, 0.15) is 10.4 Å². The van der Waals surface area contributed by atoms with Gasteiger partial charge in [-0.25, -0.2) is 18.4 Å². The second-order valence-corrected chi connectivity index (χ2v) is 4.07. The first-order chi connectivity index (χ1) is 9.86. The predicted molar refractivity (Wildman–Crippen MR) is 69.2 cm³/mol. The van der Waals surface area contributed by atoms with Crippen molar-refractivity contribution in [3.63, 3.8) is 0 Å². The largest absolute Gasteiger partial charge is 0.478 e. The number of anilines is 2. The first kappa shape index (κ1) is 14.4. The van der Waals surface area contributed by atoms with Crippen LogP contribution in [0.25, 0.3) is 0 Å². The van der Waals surface area contributed by atoms with Gasteiger partial charge in [0.1, 0.15) is 0 Å². The molecule has 2 aromatic rings. The maximum Gasteiger partial charge on any atom is 0.337 e. The average molecular weight is 296 g/mol. The van der Waals surface area contributed by atoms with Crippen molar-refractivity contribution in [1.82, 2.24) is 9.78 Å². The molecule has 0 aliphatic heterocycles. The van der Waals surface area contributed by atoms with Gasteiger partial charge in [-0.05, 0) is 6.07 Å². The molecule has 0 fully saturated rings. The summed E-state index contributed by atoms with van der Waals surface area (Å²) in [5, 5.41) is 17.2. The summed E-state index contributed by atoms with van der Waals surface area (Å²) < 4.78 is 27.6. The molecule has 0 bridgehead atoms. The van der Waals surface area contributed by atoms with Gasteiger partial charge in [-0.15, -0.1) is 0 Å². The van der Waals surface area contributed by atoms with Gasteiger partial charge in [0.25, 0.3) is 0 Å². The van der Waals surface area contributed by atoms with Crippen molar-refractivity contribution in [2.75, 3.05) is 10.6 Å². The monoisotopic (exact) mass is 296 g/mol. The van der Waals surface area contributed by atoms with E-state index in [1.165, 1.54) is 10.7 Å². The third-order valence-corrected chi connectivity index (χ3v) is 2.49. The molecule has 0 aliphatic carbocycles. The predicted octanol–water partition coefficient (Wildman–Crippen LogP) is 2.04. The molecule has 0 atom stereocenters. The molecule has 1 heterocycles. The van der Waals surface area contributed by atoms with Crippen LogP contribution in [0.2, 0.25) is 0 Å². The Morgan fingerprint density at radius 1 is 1.24 bits per heavy atom. The SMILES string of the molecule is Cn1ccc(NC(=O)Nc2cc(F)c(F)cc2C(=O)O)n1. The Balaban J connectivity index is 2.20. The minimum Gasteiger partial charge on any atom is -0.478 e. The fraction of sp³-hybridized carbons (Fsp3) is 0.0833. The highest BCUT2D eigenvalue weighted by atomic mass is 19.2. The van der Waals surface area contributed by atoms with Crippen molar-refractivity contribution in [2.45, 2.75) is 0 Å². The first-order valence-corrected chi connectivity index (χ1v) is 5.67. The normalized spacial score (nSPS) is 10.2. The summed E-state index contributed by atoms with van der Waals surface area (Å²) in [5.41, 5.74) is -0.931. The minimum absolute atomic E-state index is 0.217. The van der Waals surface area contributed by atoms with E-state index in [0.29, 0.717) is 12.1 Å². The lowest BCUT2D eigenvalue weighted by atomic mass is 10.1. The maximum absolute atomic E-state index is 13.1. The van der Waals surface area contributed by atoms with Crippen LogP contribution in [0.5, 0.6) is 0 Å². The molecular weight excluding hydrogens is 286 g/mol. The van der Waals surface area contributed by atoms with E-state index >= 15 is 0 Å². The topological polar surface area (TPSA) is 96.2 Å². The molecule has 2 rings (SSSR count). The van der Waals surface area contributed by atoms with Gasteiger partial charge in [-0.2, -0.15) is 5.10 Å². The molecule has 1 aromatic carbocycles. The molecule has 3 N–H and O–H groups in total. The van der Waals surface area contributed by atoms with Crippen LogP contribution < -0.4 is 10.6 Å². The molecule has 0 aliphatic rings. The minimum atomic E-state index is -1.50. The van der Waals surface area contributed by atoms with E-state index in [1.54, 1.807) is 13.2 Å². The van der Waals surface area contributed by atoms with Gasteiger partial charge in [0.15, 0.2) is 17.5 Å². The van der Waals surface area contributed by atoms with Gasteiger partial charge in [0, 0.05) is 25.4 Å². The van der Waals surface area contributed by atoms with Gasteiger partial charge < -0.3 is 10.4 Å². The fourth-order valence-corrected chi connectivity index (χ4v) is 1.58. The second kappa shape index (κ2) is 5.57.